The average Bonchev–Trinajstić information content (AvgIpc) is 2.40. The summed E-state index contributed by atoms with van der Waals surface area (Å²) in [5, 5.41) is 8.33. The van der Waals surface area contributed by atoms with Crippen molar-refractivity contribution in [1.29, 1.82) is 0 Å². The van der Waals surface area contributed by atoms with Crippen LogP contribution in [0.25, 0.3) is 0 Å². The first-order valence-electron chi connectivity index (χ1n) is 6.02. The standard InChI is InChI=1S/C7H7NO.C6H14N2O2/c8-7(9)6-4-2-1-3-5-6;7-4-2-1-3-5(8)6(9)10/h1-5H,(H2,8,9);5H,1-4,7-8H2,(H,9,10)/t;5-/m.0/s1. The monoisotopic (exact) mass is 267 g/mol. The Hall–Kier alpha value is -1.92. The van der Waals surface area contributed by atoms with Crippen molar-refractivity contribution in [3.05, 3.63) is 35.9 Å². The van der Waals surface area contributed by atoms with Gasteiger partial charge >= 0.3 is 5.97 Å². The van der Waals surface area contributed by atoms with Gasteiger partial charge in [0.1, 0.15) is 6.04 Å². The minimum Gasteiger partial charge on any atom is -0.480 e. The summed E-state index contributed by atoms with van der Waals surface area (Å²) >= 11 is 0. The van der Waals surface area contributed by atoms with Crippen molar-refractivity contribution >= 4 is 11.9 Å². The molecule has 1 amide bonds. The Morgan fingerprint density at radius 3 is 2.11 bits per heavy atom. The van der Waals surface area contributed by atoms with E-state index in [0.717, 1.165) is 12.8 Å². The van der Waals surface area contributed by atoms with Crippen LogP contribution < -0.4 is 17.2 Å². The summed E-state index contributed by atoms with van der Waals surface area (Å²) in [7, 11) is 0. The fraction of sp³-hybridized carbons (Fsp3) is 0.385. The van der Waals surface area contributed by atoms with Gasteiger partial charge in [-0.1, -0.05) is 24.6 Å². The van der Waals surface area contributed by atoms with Crippen LogP contribution in [0.1, 0.15) is 29.6 Å². The summed E-state index contributed by atoms with van der Waals surface area (Å²) < 4.78 is 0. The lowest BCUT2D eigenvalue weighted by Crippen LogP contribution is -2.29. The summed E-state index contributed by atoms with van der Waals surface area (Å²) in [6.07, 6.45) is 2.16. The molecule has 106 valence electrons. The van der Waals surface area contributed by atoms with E-state index in [9.17, 15) is 9.59 Å². The summed E-state index contributed by atoms with van der Waals surface area (Å²) in [5.41, 5.74) is 15.9. The Morgan fingerprint density at radius 1 is 1.16 bits per heavy atom. The number of aliphatic carboxylic acids is 1. The first kappa shape index (κ1) is 17.1. The van der Waals surface area contributed by atoms with E-state index in [2.05, 4.69) is 0 Å². The lowest BCUT2D eigenvalue weighted by atomic mass is 10.1. The van der Waals surface area contributed by atoms with Gasteiger partial charge in [0.2, 0.25) is 5.91 Å². The molecule has 0 spiro atoms. The molecule has 0 bridgehead atoms. The third-order valence-corrected chi connectivity index (χ3v) is 2.34. The van der Waals surface area contributed by atoms with Crippen molar-refractivity contribution in [3.8, 4) is 0 Å². The van der Waals surface area contributed by atoms with Crippen LogP contribution in [0.2, 0.25) is 0 Å². The van der Waals surface area contributed by atoms with Crippen molar-refractivity contribution in [3.63, 3.8) is 0 Å². The maximum Gasteiger partial charge on any atom is 0.320 e. The van der Waals surface area contributed by atoms with E-state index >= 15 is 0 Å². The fourth-order valence-electron chi connectivity index (χ4n) is 1.23. The Morgan fingerprint density at radius 2 is 1.74 bits per heavy atom. The van der Waals surface area contributed by atoms with E-state index < -0.39 is 12.0 Å². The highest BCUT2D eigenvalue weighted by Gasteiger charge is 2.09. The largest absolute Gasteiger partial charge is 0.480 e. The Bertz CT molecular complexity index is 382. The number of unbranched alkanes of at least 4 members (excludes halogenated alkanes) is 1. The number of carbonyl (C=O) groups excluding carboxylic acids is 1. The molecule has 0 saturated heterocycles. The van der Waals surface area contributed by atoms with Gasteiger partial charge in [0.05, 0.1) is 0 Å². The fourth-order valence-corrected chi connectivity index (χ4v) is 1.23. The zero-order valence-corrected chi connectivity index (χ0v) is 10.8. The predicted molar refractivity (Wildman–Crippen MR) is 73.5 cm³/mol. The molecule has 19 heavy (non-hydrogen) atoms. The van der Waals surface area contributed by atoms with Crippen LogP contribution in [0.5, 0.6) is 0 Å². The normalized spacial score (nSPS) is 11.1. The molecule has 6 heteroatoms. The molecule has 1 rings (SSSR count). The SMILES string of the molecule is NC(=O)c1ccccc1.NCCCC[C@H](N)C(=O)O. The number of carboxylic acid groups (broad SMARTS) is 1. The van der Waals surface area contributed by atoms with Gasteiger partial charge in [-0.15, -0.1) is 0 Å². The van der Waals surface area contributed by atoms with Crippen LogP contribution in [0.4, 0.5) is 0 Å². The molecular weight excluding hydrogens is 246 g/mol. The highest BCUT2D eigenvalue weighted by Crippen LogP contribution is 1.97. The molecule has 6 nitrogen and oxygen atoms in total. The van der Waals surface area contributed by atoms with Gasteiger partial charge in [0, 0.05) is 5.56 Å². The average molecular weight is 267 g/mol. The first-order chi connectivity index (χ1) is 8.99. The summed E-state index contributed by atoms with van der Waals surface area (Å²) in [5.74, 6) is -1.31. The van der Waals surface area contributed by atoms with Crippen molar-refractivity contribution < 1.29 is 14.7 Å². The van der Waals surface area contributed by atoms with Gasteiger partial charge in [-0.3, -0.25) is 9.59 Å². The van der Waals surface area contributed by atoms with E-state index in [1.807, 2.05) is 6.07 Å². The molecule has 0 saturated carbocycles. The van der Waals surface area contributed by atoms with Crippen molar-refractivity contribution in [2.75, 3.05) is 6.54 Å². The number of nitrogens with two attached hydrogens (primary N) is 3. The van der Waals surface area contributed by atoms with Gasteiger partial charge < -0.3 is 22.3 Å². The molecule has 7 N–H and O–H groups in total. The van der Waals surface area contributed by atoms with Crippen LogP contribution in [0.15, 0.2) is 30.3 Å². The van der Waals surface area contributed by atoms with Gasteiger partial charge in [0.25, 0.3) is 0 Å². The minimum atomic E-state index is -0.933. The summed E-state index contributed by atoms with van der Waals surface area (Å²) in [6, 6.07) is 8.05. The van der Waals surface area contributed by atoms with E-state index in [4.69, 9.17) is 22.3 Å². The molecule has 1 atom stereocenters. The van der Waals surface area contributed by atoms with Gasteiger partial charge in [-0.25, -0.2) is 0 Å². The molecule has 0 fully saturated rings. The maximum absolute atomic E-state index is 10.4. The van der Waals surface area contributed by atoms with Crippen LogP contribution >= 0.6 is 0 Å². The van der Waals surface area contributed by atoms with Gasteiger partial charge in [0.15, 0.2) is 0 Å². The van der Waals surface area contributed by atoms with Crippen molar-refractivity contribution in [1.82, 2.24) is 0 Å². The number of carboxylic acids is 1. The van der Waals surface area contributed by atoms with E-state index in [1.165, 1.54) is 0 Å². The highest BCUT2D eigenvalue weighted by atomic mass is 16.4. The molecule has 0 aliphatic carbocycles. The number of hydrogen-bond donors (Lipinski definition) is 4. The topological polar surface area (TPSA) is 132 Å². The van der Waals surface area contributed by atoms with Crippen LogP contribution in [-0.4, -0.2) is 29.6 Å². The lowest BCUT2D eigenvalue weighted by molar-refractivity contribution is -0.138. The van der Waals surface area contributed by atoms with Gasteiger partial charge in [-0.05, 0) is 31.5 Å². The Labute approximate surface area is 112 Å². The maximum atomic E-state index is 10.4. The zero-order chi connectivity index (χ0) is 14.7. The third-order valence-electron chi connectivity index (χ3n) is 2.34. The first-order valence-corrected chi connectivity index (χ1v) is 6.02. The molecule has 0 unspecified atom stereocenters. The number of primary amides is 1. The Balaban J connectivity index is 0.000000342. The number of benzene rings is 1. The predicted octanol–water partition coefficient (Wildman–Crippen LogP) is 0.313. The highest BCUT2D eigenvalue weighted by molar-refractivity contribution is 5.92. The Kier molecular flexibility index (Phi) is 9.03. The van der Waals surface area contributed by atoms with Crippen LogP contribution in [0, 0.1) is 0 Å². The molecule has 1 aromatic rings. The molecule has 0 radical (unpaired) electrons. The van der Waals surface area contributed by atoms with Crippen LogP contribution in [0.3, 0.4) is 0 Å². The van der Waals surface area contributed by atoms with Gasteiger partial charge in [-0.2, -0.15) is 0 Å². The van der Waals surface area contributed by atoms with Crippen LogP contribution in [-0.2, 0) is 4.79 Å². The summed E-state index contributed by atoms with van der Waals surface area (Å²) in [4.78, 5) is 20.6. The van der Waals surface area contributed by atoms with E-state index in [0.29, 0.717) is 18.5 Å². The molecule has 0 heterocycles. The summed E-state index contributed by atoms with van der Waals surface area (Å²) in [6.45, 7) is 0.604. The van der Waals surface area contributed by atoms with Crippen molar-refractivity contribution in [2.24, 2.45) is 17.2 Å². The second-order valence-electron chi connectivity index (χ2n) is 3.96. The minimum absolute atomic E-state index is 0.379. The molecular formula is C13H21N3O3. The molecule has 0 aromatic heterocycles. The third kappa shape index (κ3) is 8.76. The number of carbonyl (C=O) groups is 2. The second-order valence-corrected chi connectivity index (χ2v) is 3.96. The quantitative estimate of drug-likeness (QED) is 0.551. The van der Waals surface area contributed by atoms with E-state index in [1.54, 1.807) is 24.3 Å². The molecule has 1 aromatic carbocycles. The number of amides is 1. The van der Waals surface area contributed by atoms with E-state index in [-0.39, 0.29) is 5.91 Å². The number of hydrogen-bond acceptors (Lipinski definition) is 4. The second kappa shape index (κ2) is 10.0. The number of rotatable bonds is 6. The lowest BCUT2D eigenvalue weighted by Gasteiger charge is -2.03. The van der Waals surface area contributed by atoms with Crippen molar-refractivity contribution in [2.45, 2.75) is 25.3 Å². The molecule has 0 aliphatic rings. The smallest absolute Gasteiger partial charge is 0.320 e. The zero-order valence-electron chi connectivity index (χ0n) is 10.8. The molecule has 0 aliphatic heterocycles.